The lowest BCUT2D eigenvalue weighted by atomic mass is 10.1. The summed E-state index contributed by atoms with van der Waals surface area (Å²) in [5.74, 6) is 1.36. The molecule has 0 saturated heterocycles. The van der Waals surface area contributed by atoms with Crippen LogP contribution in [0.1, 0.15) is 33.0 Å². The van der Waals surface area contributed by atoms with E-state index < -0.39 is 0 Å². The van der Waals surface area contributed by atoms with Gasteiger partial charge in [-0.1, -0.05) is 30.3 Å². The fourth-order valence-corrected chi connectivity index (χ4v) is 3.24. The number of fused-ring (bicyclic) bond motifs is 1. The zero-order valence-corrected chi connectivity index (χ0v) is 15.0. The van der Waals surface area contributed by atoms with Crippen molar-refractivity contribution in [3.63, 3.8) is 0 Å². The minimum Gasteiger partial charge on any atom is -0.369 e. The molecule has 2 aromatic heterocycles. The molecule has 0 saturated carbocycles. The summed E-state index contributed by atoms with van der Waals surface area (Å²) in [7, 11) is 0. The zero-order chi connectivity index (χ0) is 18.5. The maximum Gasteiger partial charge on any atom is 0.270 e. The maximum absolute atomic E-state index is 12.3. The second-order valence-electron chi connectivity index (χ2n) is 6.59. The lowest BCUT2D eigenvalue weighted by molar-refractivity contribution is 0.0940. The first kappa shape index (κ1) is 17.2. The predicted octanol–water partition coefficient (Wildman–Crippen LogP) is 1.93. The Morgan fingerprint density at radius 3 is 2.74 bits per heavy atom. The molecule has 0 bridgehead atoms. The number of aryl methyl sites for hydroxylation is 2. The van der Waals surface area contributed by atoms with Gasteiger partial charge in [0.1, 0.15) is 17.3 Å². The van der Waals surface area contributed by atoms with Crippen LogP contribution in [-0.2, 0) is 25.7 Å². The van der Waals surface area contributed by atoms with E-state index in [4.69, 9.17) is 4.98 Å². The van der Waals surface area contributed by atoms with Gasteiger partial charge in [-0.2, -0.15) is 5.10 Å². The lowest BCUT2D eigenvalue weighted by Gasteiger charge is -2.20. The van der Waals surface area contributed by atoms with Crippen molar-refractivity contribution < 1.29 is 4.79 Å². The average molecular weight is 362 g/mol. The quantitative estimate of drug-likeness (QED) is 0.597. The van der Waals surface area contributed by atoms with Crippen LogP contribution >= 0.6 is 0 Å². The van der Waals surface area contributed by atoms with Gasteiger partial charge in [0.05, 0.1) is 6.20 Å². The highest BCUT2D eigenvalue weighted by atomic mass is 16.1. The summed E-state index contributed by atoms with van der Waals surface area (Å²) in [6.45, 7) is 1.34. The van der Waals surface area contributed by atoms with E-state index in [0.717, 1.165) is 42.8 Å². The summed E-state index contributed by atoms with van der Waals surface area (Å²) in [6, 6.07) is 10.2. The third kappa shape index (κ3) is 4.13. The van der Waals surface area contributed by atoms with Gasteiger partial charge in [-0.15, -0.1) is 0 Å². The molecular weight excluding hydrogens is 340 g/mol. The molecule has 1 aliphatic heterocycles. The first-order chi connectivity index (χ1) is 13.3. The second kappa shape index (κ2) is 7.99. The van der Waals surface area contributed by atoms with E-state index in [2.05, 4.69) is 37.9 Å². The third-order valence-corrected chi connectivity index (χ3v) is 4.67. The van der Waals surface area contributed by atoms with Crippen molar-refractivity contribution in [1.29, 1.82) is 0 Å². The summed E-state index contributed by atoms with van der Waals surface area (Å²) in [6.07, 6.45) is 6.82. The largest absolute Gasteiger partial charge is 0.369 e. The molecule has 27 heavy (non-hydrogen) atoms. The van der Waals surface area contributed by atoms with Crippen molar-refractivity contribution in [2.75, 3.05) is 18.4 Å². The molecule has 0 atom stereocenters. The number of aromatic nitrogens is 4. The highest BCUT2D eigenvalue weighted by Crippen LogP contribution is 2.21. The first-order valence-corrected chi connectivity index (χ1v) is 9.23. The SMILES string of the molecule is O=C1NCCc2c(NCCc3cn[nH]c3)nc(CCc3ccccc3)nc21. The molecule has 138 valence electrons. The van der Waals surface area contributed by atoms with Crippen molar-refractivity contribution in [2.24, 2.45) is 0 Å². The van der Waals surface area contributed by atoms with Gasteiger partial charge in [0.2, 0.25) is 0 Å². The molecule has 4 rings (SSSR count). The molecule has 1 amide bonds. The number of carbonyl (C=O) groups excluding carboxylic acids is 1. The number of hydrogen-bond donors (Lipinski definition) is 3. The number of benzene rings is 1. The standard InChI is InChI=1S/C20H22N6O/c27-20-18-16(9-11-22-20)19(21-10-8-15-12-23-24-13-15)26-17(25-18)7-6-14-4-2-1-3-5-14/h1-5,12-13H,6-11H2,(H,22,27)(H,23,24)(H,21,25,26). The molecule has 1 aliphatic rings. The Hall–Kier alpha value is -3.22. The number of nitrogens with zero attached hydrogens (tertiary/aromatic N) is 3. The van der Waals surface area contributed by atoms with Gasteiger partial charge in [0.15, 0.2) is 0 Å². The van der Waals surface area contributed by atoms with Crippen LogP contribution in [0.15, 0.2) is 42.7 Å². The van der Waals surface area contributed by atoms with Crippen LogP contribution in [0.3, 0.4) is 0 Å². The van der Waals surface area contributed by atoms with E-state index in [-0.39, 0.29) is 5.91 Å². The summed E-state index contributed by atoms with van der Waals surface area (Å²) < 4.78 is 0. The summed E-state index contributed by atoms with van der Waals surface area (Å²) >= 11 is 0. The minimum absolute atomic E-state index is 0.113. The molecule has 1 aromatic carbocycles. The molecule has 0 fully saturated rings. The lowest BCUT2D eigenvalue weighted by Crippen LogP contribution is -2.34. The number of H-pyrrole nitrogens is 1. The molecule has 3 aromatic rings. The summed E-state index contributed by atoms with van der Waals surface area (Å²) in [5.41, 5.74) is 3.78. The normalized spacial score (nSPS) is 13.1. The molecule has 7 nitrogen and oxygen atoms in total. The van der Waals surface area contributed by atoms with Gasteiger partial charge in [-0.3, -0.25) is 9.89 Å². The van der Waals surface area contributed by atoms with Crippen molar-refractivity contribution in [1.82, 2.24) is 25.5 Å². The van der Waals surface area contributed by atoms with Gasteiger partial charge >= 0.3 is 0 Å². The van der Waals surface area contributed by atoms with Crippen LogP contribution in [0.4, 0.5) is 5.82 Å². The van der Waals surface area contributed by atoms with Crippen LogP contribution < -0.4 is 10.6 Å². The van der Waals surface area contributed by atoms with Gasteiger partial charge < -0.3 is 10.6 Å². The van der Waals surface area contributed by atoms with E-state index >= 15 is 0 Å². The van der Waals surface area contributed by atoms with Gasteiger partial charge in [-0.05, 0) is 30.4 Å². The third-order valence-electron chi connectivity index (χ3n) is 4.67. The van der Waals surface area contributed by atoms with Crippen LogP contribution in [0.2, 0.25) is 0 Å². The molecule has 3 N–H and O–H groups in total. The molecular formula is C20H22N6O. The Morgan fingerprint density at radius 2 is 1.93 bits per heavy atom. The van der Waals surface area contributed by atoms with Crippen LogP contribution in [0.5, 0.6) is 0 Å². The Morgan fingerprint density at radius 1 is 1.04 bits per heavy atom. The number of rotatable bonds is 7. The van der Waals surface area contributed by atoms with Crippen molar-refractivity contribution in [2.45, 2.75) is 25.7 Å². The first-order valence-electron chi connectivity index (χ1n) is 9.23. The smallest absolute Gasteiger partial charge is 0.270 e. The topological polar surface area (TPSA) is 95.6 Å². The summed E-state index contributed by atoms with van der Waals surface area (Å²) in [4.78, 5) is 21.6. The Kier molecular flexibility index (Phi) is 5.09. The predicted molar refractivity (Wildman–Crippen MR) is 103 cm³/mol. The fourth-order valence-electron chi connectivity index (χ4n) is 3.24. The number of anilines is 1. The Bertz CT molecular complexity index is 908. The summed E-state index contributed by atoms with van der Waals surface area (Å²) in [5, 5.41) is 13.1. The van der Waals surface area contributed by atoms with Crippen molar-refractivity contribution >= 4 is 11.7 Å². The highest BCUT2D eigenvalue weighted by Gasteiger charge is 2.23. The van der Waals surface area contributed by atoms with E-state index in [9.17, 15) is 4.79 Å². The molecule has 0 aliphatic carbocycles. The molecule has 0 radical (unpaired) electrons. The second-order valence-corrected chi connectivity index (χ2v) is 6.59. The Balaban J connectivity index is 1.52. The minimum atomic E-state index is -0.113. The monoisotopic (exact) mass is 362 g/mol. The van der Waals surface area contributed by atoms with Gasteiger partial charge in [0.25, 0.3) is 5.91 Å². The van der Waals surface area contributed by atoms with E-state index in [1.54, 1.807) is 0 Å². The van der Waals surface area contributed by atoms with Crippen LogP contribution in [-0.4, -0.2) is 39.2 Å². The number of amides is 1. The van der Waals surface area contributed by atoms with Gasteiger partial charge in [-0.25, -0.2) is 9.97 Å². The van der Waals surface area contributed by atoms with E-state index in [0.29, 0.717) is 24.5 Å². The van der Waals surface area contributed by atoms with Crippen LogP contribution in [0, 0.1) is 0 Å². The zero-order valence-electron chi connectivity index (χ0n) is 15.0. The molecule has 0 unspecified atom stereocenters. The number of nitrogens with one attached hydrogen (secondary N) is 3. The number of hydrogen-bond acceptors (Lipinski definition) is 5. The number of carbonyl (C=O) groups is 1. The highest BCUT2D eigenvalue weighted by molar-refractivity contribution is 5.96. The number of aromatic amines is 1. The van der Waals surface area contributed by atoms with Gasteiger partial charge in [0, 0.05) is 31.3 Å². The average Bonchev–Trinajstić information content (AvgIpc) is 3.21. The maximum atomic E-state index is 12.3. The van der Waals surface area contributed by atoms with E-state index in [1.807, 2.05) is 30.6 Å². The Labute approximate surface area is 157 Å². The van der Waals surface area contributed by atoms with Crippen molar-refractivity contribution in [3.05, 3.63) is 70.9 Å². The molecule has 3 heterocycles. The fraction of sp³-hybridized carbons (Fsp3) is 0.300. The van der Waals surface area contributed by atoms with E-state index in [1.165, 1.54) is 5.56 Å². The molecule has 7 heteroatoms. The van der Waals surface area contributed by atoms with Crippen molar-refractivity contribution in [3.8, 4) is 0 Å². The molecule has 0 spiro atoms. The van der Waals surface area contributed by atoms with Crippen LogP contribution in [0.25, 0.3) is 0 Å².